The Morgan fingerprint density at radius 2 is 1.82 bits per heavy atom. The van der Waals surface area contributed by atoms with Gasteiger partial charge in [0, 0.05) is 0 Å². The monoisotopic (exact) mass is 309 g/mol. The highest BCUT2D eigenvalue weighted by atomic mass is 16.6. The van der Waals surface area contributed by atoms with Crippen LogP contribution < -0.4 is 5.32 Å². The van der Waals surface area contributed by atoms with Crippen molar-refractivity contribution in [3.05, 3.63) is 35.9 Å². The van der Waals surface area contributed by atoms with Gasteiger partial charge in [-0.05, 0) is 12.5 Å². The molecule has 22 heavy (non-hydrogen) atoms. The minimum atomic E-state index is -1.14. The summed E-state index contributed by atoms with van der Waals surface area (Å²) in [6, 6.07) is 7.92. The SMILES string of the molecule is CCOC(=O)[C@H](CC(=O)OC)NC(=O)OCc1ccccc1. The Labute approximate surface area is 128 Å². The summed E-state index contributed by atoms with van der Waals surface area (Å²) >= 11 is 0. The third-order valence-electron chi connectivity index (χ3n) is 2.67. The quantitative estimate of drug-likeness (QED) is 0.605. The Morgan fingerprint density at radius 3 is 2.41 bits per heavy atom. The number of rotatable bonds is 7. The Kier molecular flexibility index (Phi) is 7.45. The molecule has 0 heterocycles. The van der Waals surface area contributed by atoms with Crippen molar-refractivity contribution in [2.75, 3.05) is 13.7 Å². The van der Waals surface area contributed by atoms with E-state index in [2.05, 4.69) is 10.1 Å². The van der Waals surface area contributed by atoms with Crippen LogP contribution >= 0.6 is 0 Å². The maximum absolute atomic E-state index is 11.7. The highest BCUT2D eigenvalue weighted by Crippen LogP contribution is 2.03. The summed E-state index contributed by atoms with van der Waals surface area (Å²) in [6.07, 6.45) is -1.14. The summed E-state index contributed by atoms with van der Waals surface area (Å²) < 4.78 is 14.3. The van der Waals surface area contributed by atoms with E-state index in [9.17, 15) is 14.4 Å². The van der Waals surface area contributed by atoms with Crippen molar-refractivity contribution in [2.45, 2.75) is 26.0 Å². The molecule has 0 radical (unpaired) electrons. The van der Waals surface area contributed by atoms with Crippen LogP contribution in [0.4, 0.5) is 4.79 Å². The Hall–Kier alpha value is -2.57. The molecule has 0 spiro atoms. The predicted molar refractivity (Wildman–Crippen MR) is 76.8 cm³/mol. The van der Waals surface area contributed by atoms with Gasteiger partial charge in [0.05, 0.1) is 20.1 Å². The number of ether oxygens (including phenoxy) is 3. The standard InChI is InChI=1S/C15H19NO6/c1-3-21-14(18)12(9-13(17)20-2)16-15(19)22-10-11-7-5-4-6-8-11/h4-8,12H,3,9-10H2,1-2H3,(H,16,19)/t12-/m0/s1. The lowest BCUT2D eigenvalue weighted by Crippen LogP contribution is -2.43. The first kappa shape index (κ1) is 17.5. The zero-order chi connectivity index (χ0) is 16.4. The van der Waals surface area contributed by atoms with Crippen molar-refractivity contribution in [3.8, 4) is 0 Å². The van der Waals surface area contributed by atoms with Crippen molar-refractivity contribution in [2.24, 2.45) is 0 Å². The summed E-state index contributed by atoms with van der Waals surface area (Å²) in [5, 5.41) is 2.30. The van der Waals surface area contributed by atoms with E-state index in [0.29, 0.717) is 0 Å². The first-order valence-electron chi connectivity index (χ1n) is 6.77. The number of alkyl carbamates (subject to hydrolysis) is 1. The Bertz CT molecular complexity index is 502. The fourth-order valence-corrected chi connectivity index (χ4v) is 1.59. The van der Waals surface area contributed by atoms with Crippen LogP contribution in [-0.2, 0) is 30.4 Å². The van der Waals surface area contributed by atoms with E-state index in [-0.39, 0.29) is 19.6 Å². The molecule has 1 rings (SSSR count). The molecular weight excluding hydrogens is 290 g/mol. The molecule has 1 atom stereocenters. The second kappa shape index (κ2) is 9.38. The fraction of sp³-hybridized carbons (Fsp3) is 0.400. The number of hydrogen-bond acceptors (Lipinski definition) is 6. The van der Waals surface area contributed by atoms with E-state index >= 15 is 0 Å². The van der Waals surface area contributed by atoms with Crippen molar-refractivity contribution in [1.82, 2.24) is 5.32 Å². The largest absolute Gasteiger partial charge is 0.469 e. The average molecular weight is 309 g/mol. The number of carbonyl (C=O) groups is 3. The molecule has 0 saturated heterocycles. The van der Waals surface area contributed by atoms with Gasteiger partial charge in [-0.15, -0.1) is 0 Å². The molecule has 0 aliphatic carbocycles. The molecule has 1 N–H and O–H groups in total. The maximum Gasteiger partial charge on any atom is 0.408 e. The van der Waals surface area contributed by atoms with Crippen molar-refractivity contribution in [1.29, 1.82) is 0 Å². The summed E-state index contributed by atoms with van der Waals surface area (Å²) in [7, 11) is 1.19. The van der Waals surface area contributed by atoms with Crippen LogP contribution in [0.15, 0.2) is 30.3 Å². The van der Waals surface area contributed by atoms with E-state index in [1.807, 2.05) is 18.2 Å². The second-order valence-corrected chi connectivity index (χ2v) is 4.29. The van der Waals surface area contributed by atoms with E-state index in [1.54, 1.807) is 19.1 Å². The van der Waals surface area contributed by atoms with Gasteiger partial charge in [0.1, 0.15) is 12.6 Å². The first-order chi connectivity index (χ1) is 10.6. The van der Waals surface area contributed by atoms with E-state index in [4.69, 9.17) is 9.47 Å². The van der Waals surface area contributed by atoms with Gasteiger partial charge >= 0.3 is 18.0 Å². The number of amides is 1. The zero-order valence-corrected chi connectivity index (χ0v) is 12.5. The Balaban J connectivity index is 2.54. The number of benzene rings is 1. The van der Waals surface area contributed by atoms with E-state index in [0.717, 1.165) is 5.56 Å². The highest BCUT2D eigenvalue weighted by molar-refractivity contribution is 5.86. The molecule has 120 valence electrons. The summed E-state index contributed by atoms with van der Waals surface area (Å²) in [6.45, 7) is 1.82. The van der Waals surface area contributed by atoms with Gasteiger partial charge in [0.15, 0.2) is 0 Å². The van der Waals surface area contributed by atoms with Crippen LogP contribution in [0, 0.1) is 0 Å². The van der Waals surface area contributed by atoms with Crippen LogP contribution in [0.5, 0.6) is 0 Å². The second-order valence-electron chi connectivity index (χ2n) is 4.29. The molecule has 0 aliphatic heterocycles. The fourth-order valence-electron chi connectivity index (χ4n) is 1.59. The molecular formula is C15H19NO6. The number of esters is 2. The van der Waals surface area contributed by atoms with Gasteiger partial charge in [0.25, 0.3) is 0 Å². The van der Waals surface area contributed by atoms with E-state index in [1.165, 1.54) is 7.11 Å². The number of methoxy groups -OCH3 is 1. The van der Waals surface area contributed by atoms with Crippen LogP contribution in [-0.4, -0.2) is 37.8 Å². The molecule has 1 amide bonds. The lowest BCUT2D eigenvalue weighted by atomic mass is 10.2. The topological polar surface area (TPSA) is 90.9 Å². The summed E-state index contributed by atoms with van der Waals surface area (Å²) in [5.41, 5.74) is 0.804. The number of nitrogens with one attached hydrogen (secondary N) is 1. The third kappa shape index (κ3) is 6.25. The Morgan fingerprint density at radius 1 is 1.14 bits per heavy atom. The van der Waals surface area contributed by atoms with Gasteiger partial charge in [-0.2, -0.15) is 0 Å². The molecule has 0 bridgehead atoms. The molecule has 1 aromatic carbocycles. The van der Waals surface area contributed by atoms with Gasteiger partial charge < -0.3 is 19.5 Å². The average Bonchev–Trinajstić information content (AvgIpc) is 2.53. The summed E-state index contributed by atoms with van der Waals surface area (Å²) in [4.78, 5) is 34.7. The van der Waals surface area contributed by atoms with Gasteiger partial charge in [-0.3, -0.25) is 4.79 Å². The van der Waals surface area contributed by atoms with Crippen LogP contribution in [0.3, 0.4) is 0 Å². The molecule has 7 heteroatoms. The van der Waals surface area contributed by atoms with Gasteiger partial charge in [-0.1, -0.05) is 30.3 Å². The molecule has 0 saturated carbocycles. The van der Waals surface area contributed by atoms with Gasteiger partial charge in [-0.25, -0.2) is 9.59 Å². The maximum atomic E-state index is 11.7. The lowest BCUT2D eigenvalue weighted by Gasteiger charge is -2.16. The minimum Gasteiger partial charge on any atom is -0.469 e. The zero-order valence-electron chi connectivity index (χ0n) is 12.5. The van der Waals surface area contributed by atoms with Crippen molar-refractivity contribution in [3.63, 3.8) is 0 Å². The predicted octanol–water partition coefficient (Wildman–Crippen LogP) is 1.41. The van der Waals surface area contributed by atoms with Crippen LogP contribution in [0.1, 0.15) is 18.9 Å². The lowest BCUT2D eigenvalue weighted by molar-refractivity contribution is -0.151. The number of hydrogen-bond donors (Lipinski definition) is 1. The molecule has 0 aromatic heterocycles. The van der Waals surface area contributed by atoms with E-state index < -0.39 is 24.1 Å². The molecule has 7 nitrogen and oxygen atoms in total. The number of carbonyl (C=O) groups excluding carboxylic acids is 3. The molecule has 0 aliphatic rings. The molecule has 0 unspecified atom stereocenters. The normalized spacial score (nSPS) is 11.2. The first-order valence-corrected chi connectivity index (χ1v) is 6.77. The highest BCUT2D eigenvalue weighted by Gasteiger charge is 2.26. The molecule has 1 aromatic rings. The van der Waals surface area contributed by atoms with Crippen LogP contribution in [0.2, 0.25) is 0 Å². The summed E-state index contributed by atoms with van der Waals surface area (Å²) in [5.74, 6) is -1.36. The smallest absolute Gasteiger partial charge is 0.408 e. The molecule has 0 fully saturated rings. The minimum absolute atomic E-state index is 0.0560. The third-order valence-corrected chi connectivity index (χ3v) is 2.67. The van der Waals surface area contributed by atoms with Gasteiger partial charge in [0.2, 0.25) is 0 Å². The van der Waals surface area contributed by atoms with Crippen molar-refractivity contribution >= 4 is 18.0 Å². The van der Waals surface area contributed by atoms with Crippen LogP contribution in [0.25, 0.3) is 0 Å². The van der Waals surface area contributed by atoms with Crippen molar-refractivity contribution < 1.29 is 28.6 Å².